The van der Waals surface area contributed by atoms with E-state index in [9.17, 15) is 17.6 Å². The molecule has 0 fully saturated rings. The maximum absolute atomic E-state index is 13.3. The number of rotatable bonds is 7. The zero-order valence-electron chi connectivity index (χ0n) is 15.8. The predicted octanol–water partition coefficient (Wildman–Crippen LogP) is 4.86. The van der Waals surface area contributed by atoms with E-state index in [1.54, 1.807) is 66.7 Å². The van der Waals surface area contributed by atoms with Crippen molar-refractivity contribution in [3.05, 3.63) is 101 Å². The maximum Gasteiger partial charge on any atom is 0.264 e. The molecule has 0 spiro atoms. The van der Waals surface area contributed by atoms with Gasteiger partial charge < -0.3 is 0 Å². The first-order valence-corrected chi connectivity index (χ1v) is 10.4. The fourth-order valence-electron chi connectivity index (χ4n) is 2.79. The Labute approximate surface area is 170 Å². The van der Waals surface area contributed by atoms with Crippen LogP contribution in [0.3, 0.4) is 0 Å². The molecule has 148 valence electrons. The molecule has 0 atom stereocenters. The van der Waals surface area contributed by atoms with E-state index in [4.69, 9.17) is 0 Å². The van der Waals surface area contributed by atoms with E-state index in [2.05, 4.69) is 0 Å². The highest BCUT2D eigenvalue weighted by Crippen LogP contribution is 2.25. The third-order valence-electron chi connectivity index (χ3n) is 4.35. The van der Waals surface area contributed by atoms with E-state index in [1.165, 1.54) is 22.5 Å². The van der Waals surface area contributed by atoms with Crippen LogP contribution >= 0.6 is 0 Å². The Kier molecular flexibility index (Phi) is 6.24. The molecular weight excluding hydrogens is 389 g/mol. The Morgan fingerprint density at radius 2 is 1.62 bits per heavy atom. The molecular formula is C23H20FNO3S. The van der Waals surface area contributed by atoms with Gasteiger partial charge in [-0.2, -0.15) is 0 Å². The SMILES string of the molecule is Cc1ccc(S(=O)(=O)N(C/C=C/c2ccc(F)cc2)c2cccc(C=O)c2)cc1. The van der Waals surface area contributed by atoms with Crippen LogP contribution in [-0.4, -0.2) is 21.2 Å². The lowest BCUT2D eigenvalue weighted by Gasteiger charge is -2.23. The first-order chi connectivity index (χ1) is 13.9. The predicted molar refractivity (Wildman–Crippen MR) is 113 cm³/mol. The molecule has 3 aromatic carbocycles. The molecule has 0 amide bonds. The summed E-state index contributed by atoms with van der Waals surface area (Å²) in [6.45, 7) is 1.93. The van der Waals surface area contributed by atoms with Gasteiger partial charge in [0.05, 0.1) is 17.1 Å². The third kappa shape index (κ3) is 4.97. The molecule has 0 saturated heterocycles. The van der Waals surface area contributed by atoms with Crippen LogP contribution in [0.2, 0.25) is 0 Å². The summed E-state index contributed by atoms with van der Waals surface area (Å²) in [5, 5.41) is 0. The van der Waals surface area contributed by atoms with Crippen molar-refractivity contribution in [3.63, 3.8) is 0 Å². The van der Waals surface area contributed by atoms with Crippen molar-refractivity contribution >= 4 is 28.1 Å². The van der Waals surface area contributed by atoms with Gasteiger partial charge in [0.15, 0.2) is 0 Å². The lowest BCUT2D eigenvalue weighted by atomic mass is 10.2. The monoisotopic (exact) mass is 409 g/mol. The maximum atomic E-state index is 13.3. The molecule has 0 saturated carbocycles. The number of nitrogens with zero attached hydrogens (tertiary/aromatic N) is 1. The van der Waals surface area contributed by atoms with Crippen molar-refractivity contribution < 1.29 is 17.6 Å². The van der Waals surface area contributed by atoms with E-state index in [0.29, 0.717) is 17.5 Å². The van der Waals surface area contributed by atoms with Crippen molar-refractivity contribution in [1.82, 2.24) is 0 Å². The summed E-state index contributed by atoms with van der Waals surface area (Å²) >= 11 is 0. The minimum Gasteiger partial charge on any atom is -0.298 e. The van der Waals surface area contributed by atoms with Crippen molar-refractivity contribution in [2.24, 2.45) is 0 Å². The van der Waals surface area contributed by atoms with Gasteiger partial charge in [-0.05, 0) is 48.9 Å². The van der Waals surface area contributed by atoms with E-state index >= 15 is 0 Å². The van der Waals surface area contributed by atoms with Crippen molar-refractivity contribution in [3.8, 4) is 0 Å². The summed E-state index contributed by atoms with van der Waals surface area (Å²) in [7, 11) is -3.85. The van der Waals surface area contributed by atoms with Gasteiger partial charge >= 0.3 is 0 Å². The Balaban J connectivity index is 1.97. The second kappa shape index (κ2) is 8.84. The van der Waals surface area contributed by atoms with Crippen molar-refractivity contribution in [2.45, 2.75) is 11.8 Å². The summed E-state index contributed by atoms with van der Waals surface area (Å²) in [5.41, 5.74) is 2.48. The average molecular weight is 409 g/mol. The number of aldehydes is 1. The molecule has 0 aliphatic heterocycles. The lowest BCUT2D eigenvalue weighted by Crippen LogP contribution is -2.31. The Morgan fingerprint density at radius 3 is 2.28 bits per heavy atom. The van der Waals surface area contributed by atoms with Gasteiger partial charge in [0.25, 0.3) is 10.0 Å². The highest BCUT2D eigenvalue weighted by Gasteiger charge is 2.24. The van der Waals surface area contributed by atoms with E-state index in [0.717, 1.165) is 11.1 Å². The summed E-state index contributed by atoms with van der Waals surface area (Å²) in [6, 6.07) is 18.9. The van der Waals surface area contributed by atoms with Crippen LogP contribution in [0.5, 0.6) is 0 Å². The van der Waals surface area contributed by atoms with Crippen molar-refractivity contribution in [2.75, 3.05) is 10.8 Å². The molecule has 0 radical (unpaired) electrons. The second-order valence-corrected chi connectivity index (χ2v) is 8.38. The number of benzene rings is 3. The number of carbonyl (C=O) groups is 1. The number of hydrogen-bond acceptors (Lipinski definition) is 3. The number of halogens is 1. The highest BCUT2D eigenvalue weighted by atomic mass is 32.2. The zero-order chi connectivity index (χ0) is 20.9. The van der Waals surface area contributed by atoms with Gasteiger partial charge in [0.2, 0.25) is 0 Å². The number of hydrogen-bond donors (Lipinski definition) is 0. The van der Waals surface area contributed by atoms with E-state index < -0.39 is 10.0 Å². The standard InChI is InChI=1S/C23H20FNO3S/c1-18-7-13-23(14-8-18)29(27,28)25(22-6-2-4-20(16-22)17-26)15-3-5-19-9-11-21(24)12-10-19/h2-14,16-17H,15H2,1H3/b5-3+. The van der Waals surface area contributed by atoms with Crippen LogP contribution in [0.15, 0.2) is 83.8 Å². The quantitative estimate of drug-likeness (QED) is 0.524. The molecule has 0 aromatic heterocycles. The Morgan fingerprint density at radius 1 is 0.931 bits per heavy atom. The molecule has 4 nitrogen and oxygen atoms in total. The van der Waals surface area contributed by atoms with Crippen LogP contribution in [0.4, 0.5) is 10.1 Å². The molecule has 29 heavy (non-hydrogen) atoms. The van der Waals surface area contributed by atoms with Crippen LogP contribution in [0.25, 0.3) is 6.08 Å². The smallest absolute Gasteiger partial charge is 0.264 e. The van der Waals surface area contributed by atoms with Gasteiger partial charge in [0, 0.05) is 5.56 Å². The fraction of sp³-hybridized carbons (Fsp3) is 0.0870. The van der Waals surface area contributed by atoms with Gasteiger partial charge in [-0.1, -0.05) is 54.1 Å². The summed E-state index contributed by atoms with van der Waals surface area (Å²) < 4.78 is 40.9. The lowest BCUT2D eigenvalue weighted by molar-refractivity contribution is 0.112. The first-order valence-electron chi connectivity index (χ1n) is 8.97. The molecule has 3 rings (SSSR count). The van der Waals surface area contributed by atoms with Gasteiger partial charge in [-0.25, -0.2) is 12.8 Å². The van der Waals surface area contributed by atoms with Gasteiger partial charge in [-0.3, -0.25) is 9.10 Å². The first kappa shape index (κ1) is 20.5. The largest absolute Gasteiger partial charge is 0.298 e. The number of aryl methyl sites for hydroxylation is 1. The molecule has 6 heteroatoms. The normalized spacial score (nSPS) is 11.5. The second-order valence-electron chi connectivity index (χ2n) is 6.52. The highest BCUT2D eigenvalue weighted by molar-refractivity contribution is 7.92. The summed E-state index contributed by atoms with van der Waals surface area (Å²) in [4.78, 5) is 11.3. The molecule has 0 unspecified atom stereocenters. The van der Waals surface area contributed by atoms with Crippen molar-refractivity contribution in [1.29, 1.82) is 0 Å². The van der Waals surface area contributed by atoms with E-state index in [1.807, 2.05) is 6.92 Å². The zero-order valence-corrected chi connectivity index (χ0v) is 16.6. The Bertz CT molecular complexity index is 1120. The summed E-state index contributed by atoms with van der Waals surface area (Å²) in [5.74, 6) is -0.337. The molecule has 0 aliphatic rings. The minimum absolute atomic E-state index is 0.0515. The number of carbonyl (C=O) groups excluding carboxylic acids is 1. The van der Waals surface area contributed by atoms with Crippen LogP contribution in [0, 0.1) is 12.7 Å². The minimum atomic E-state index is -3.85. The van der Waals surface area contributed by atoms with Crippen LogP contribution in [-0.2, 0) is 10.0 Å². The fourth-order valence-corrected chi connectivity index (χ4v) is 4.20. The van der Waals surface area contributed by atoms with Gasteiger partial charge in [0.1, 0.15) is 12.1 Å². The molecule has 0 aliphatic carbocycles. The van der Waals surface area contributed by atoms with E-state index in [-0.39, 0.29) is 17.3 Å². The third-order valence-corrected chi connectivity index (χ3v) is 6.16. The summed E-state index contributed by atoms with van der Waals surface area (Å²) in [6.07, 6.45) is 4.09. The number of sulfonamides is 1. The van der Waals surface area contributed by atoms with Gasteiger partial charge in [-0.15, -0.1) is 0 Å². The van der Waals surface area contributed by atoms with Crippen LogP contribution < -0.4 is 4.31 Å². The molecule has 0 bridgehead atoms. The van der Waals surface area contributed by atoms with Crippen LogP contribution in [0.1, 0.15) is 21.5 Å². The topological polar surface area (TPSA) is 54.5 Å². The molecule has 0 N–H and O–H groups in total. The Hall–Kier alpha value is -3.25. The average Bonchev–Trinajstić information content (AvgIpc) is 2.72. The molecule has 3 aromatic rings. The number of anilines is 1. The molecule has 0 heterocycles.